The monoisotopic (exact) mass is 244 g/mol. The molecular weight excluding hydrogens is 224 g/mol. The van der Waals surface area contributed by atoms with E-state index in [1.54, 1.807) is 0 Å². The van der Waals surface area contributed by atoms with Crippen molar-refractivity contribution in [1.82, 2.24) is 5.32 Å². The number of fused-ring (bicyclic) bond motifs is 3. The zero-order valence-electron chi connectivity index (χ0n) is 10.6. The molecule has 3 nitrogen and oxygen atoms in total. The lowest BCUT2D eigenvalue weighted by atomic mass is 9.94. The quantitative estimate of drug-likeness (QED) is 0.784. The Morgan fingerprint density at radius 1 is 1.22 bits per heavy atom. The number of nitrogens with one attached hydrogen (secondary N) is 1. The fourth-order valence-corrected chi connectivity index (χ4v) is 3.88. The van der Waals surface area contributed by atoms with E-state index in [-0.39, 0.29) is 0 Å². The Bertz CT molecular complexity index is 474. The van der Waals surface area contributed by atoms with Crippen molar-refractivity contribution in [2.45, 2.75) is 56.4 Å². The van der Waals surface area contributed by atoms with Crippen molar-refractivity contribution in [3.63, 3.8) is 0 Å². The molecule has 0 radical (unpaired) electrons. The third kappa shape index (κ3) is 1.65. The van der Waals surface area contributed by atoms with Crippen LogP contribution in [0.4, 0.5) is 5.69 Å². The zero-order chi connectivity index (χ0) is 12.1. The zero-order valence-corrected chi connectivity index (χ0v) is 10.6. The van der Waals surface area contributed by atoms with E-state index in [1.807, 2.05) is 6.07 Å². The Labute approximate surface area is 108 Å². The highest BCUT2D eigenvalue weighted by Crippen LogP contribution is 2.38. The third-order valence-electron chi connectivity index (χ3n) is 4.77. The van der Waals surface area contributed by atoms with Gasteiger partial charge in [-0.1, -0.05) is 6.07 Å². The summed E-state index contributed by atoms with van der Waals surface area (Å²) in [7, 11) is 0. The van der Waals surface area contributed by atoms with Gasteiger partial charge in [-0.25, -0.2) is 0 Å². The maximum Gasteiger partial charge on any atom is 0.0733 e. The predicted octanol–water partition coefficient (Wildman–Crippen LogP) is 2.17. The van der Waals surface area contributed by atoms with Crippen molar-refractivity contribution >= 4 is 5.69 Å². The first kappa shape index (κ1) is 10.8. The number of hydrogen-bond donors (Lipinski definition) is 2. The molecule has 2 heterocycles. The van der Waals surface area contributed by atoms with Gasteiger partial charge in [0.25, 0.3) is 0 Å². The lowest BCUT2D eigenvalue weighted by Gasteiger charge is -2.25. The van der Waals surface area contributed by atoms with E-state index in [0.717, 1.165) is 12.1 Å². The van der Waals surface area contributed by atoms with Crippen molar-refractivity contribution in [3.8, 4) is 0 Å². The Morgan fingerprint density at radius 2 is 2.17 bits per heavy atom. The van der Waals surface area contributed by atoms with Gasteiger partial charge in [0, 0.05) is 17.8 Å². The number of hydrogen-bond acceptors (Lipinski definition) is 3. The summed E-state index contributed by atoms with van der Waals surface area (Å²) in [6.45, 7) is 0. The highest BCUT2D eigenvalue weighted by atomic mass is 16.5. The SMILES string of the molecule is Nc1ccc2c(c1)CCC2NC1CC2CCC1O2. The molecule has 96 valence electrons. The van der Waals surface area contributed by atoms with Crippen LogP contribution in [0, 0.1) is 0 Å². The van der Waals surface area contributed by atoms with E-state index >= 15 is 0 Å². The molecule has 18 heavy (non-hydrogen) atoms. The van der Waals surface area contributed by atoms with Crippen molar-refractivity contribution < 1.29 is 4.74 Å². The van der Waals surface area contributed by atoms with Crippen LogP contribution >= 0.6 is 0 Å². The first-order valence-electron chi connectivity index (χ1n) is 7.09. The lowest BCUT2D eigenvalue weighted by molar-refractivity contribution is 0.0960. The number of nitrogens with two attached hydrogens (primary N) is 1. The normalized spacial score (nSPS) is 37.1. The number of rotatable bonds is 2. The molecule has 0 saturated carbocycles. The minimum atomic E-state index is 0.466. The van der Waals surface area contributed by atoms with Gasteiger partial charge < -0.3 is 15.8 Å². The van der Waals surface area contributed by atoms with Crippen molar-refractivity contribution in [2.24, 2.45) is 0 Å². The van der Waals surface area contributed by atoms with Crippen LogP contribution in [0.3, 0.4) is 0 Å². The molecule has 4 unspecified atom stereocenters. The summed E-state index contributed by atoms with van der Waals surface area (Å²) in [4.78, 5) is 0. The number of anilines is 1. The lowest BCUT2D eigenvalue weighted by Crippen LogP contribution is -2.39. The molecule has 4 rings (SSSR count). The average molecular weight is 244 g/mol. The summed E-state index contributed by atoms with van der Waals surface area (Å²) < 4.78 is 5.92. The summed E-state index contributed by atoms with van der Waals surface area (Å²) >= 11 is 0. The molecule has 0 aromatic heterocycles. The molecule has 3 aliphatic rings. The number of nitrogen functional groups attached to an aromatic ring is 1. The van der Waals surface area contributed by atoms with Crippen molar-refractivity contribution in [3.05, 3.63) is 29.3 Å². The van der Waals surface area contributed by atoms with Gasteiger partial charge in [0.15, 0.2) is 0 Å². The first-order chi connectivity index (χ1) is 8.79. The molecule has 0 amide bonds. The average Bonchev–Trinajstić information content (AvgIpc) is 3.04. The topological polar surface area (TPSA) is 47.3 Å². The van der Waals surface area contributed by atoms with Crippen LogP contribution in [0.15, 0.2) is 18.2 Å². The Hall–Kier alpha value is -1.06. The Balaban J connectivity index is 1.51. The van der Waals surface area contributed by atoms with Crippen LogP contribution in [0.1, 0.15) is 42.9 Å². The fraction of sp³-hybridized carbons (Fsp3) is 0.600. The molecule has 3 N–H and O–H groups in total. The standard InChI is InChI=1S/C15H20N2O/c16-10-2-4-12-9(7-10)1-5-13(12)17-14-8-11-3-6-15(14)18-11/h2,4,7,11,13-15,17H,1,3,5-6,8,16H2. The smallest absolute Gasteiger partial charge is 0.0733 e. The second-order valence-corrected chi connectivity index (χ2v) is 5.93. The summed E-state index contributed by atoms with van der Waals surface area (Å²) in [5, 5.41) is 3.82. The number of ether oxygens (including phenoxy) is 1. The molecule has 4 atom stereocenters. The summed E-state index contributed by atoms with van der Waals surface area (Å²) in [6.07, 6.45) is 7.05. The molecule has 0 spiro atoms. The van der Waals surface area contributed by atoms with Gasteiger partial charge in [0.1, 0.15) is 0 Å². The molecule has 1 aromatic rings. The van der Waals surface area contributed by atoms with Gasteiger partial charge in [0.2, 0.25) is 0 Å². The van der Waals surface area contributed by atoms with E-state index in [2.05, 4.69) is 17.4 Å². The first-order valence-corrected chi connectivity index (χ1v) is 7.09. The predicted molar refractivity (Wildman–Crippen MR) is 71.4 cm³/mol. The largest absolute Gasteiger partial charge is 0.399 e. The van der Waals surface area contributed by atoms with Gasteiger partial charge in [-0.15, -0.1) is 0 Å². The fourth-order valence-electron chi connectivity index (χ4n) is 3.88. The van der Waals surface area contributed by atoms with Crippen LogP contribution in [-0.2, 0) is 11.2 Å². The summed E-state index contributed by atoms with van der Waals surface area (Å²) in [6, 6.07) is 7.43. The maximum atomic E-state index is 5.92. The Kier molecular flexibility index (Phi) is 2.39. The third-order valence-corrected chi connectivity index (χ3v) is 4.77. The van der Waals surface area contributed by atoms with Crippen LogP contribution < -0.4 is 11.1 Å². The van der Waals surface area contributed by atoms with Crippen LogP contribution in [0.25, 0.3) is 0 Å². The van der Waals surface area contributed by atoms with Gasteiger partial charge in [-0.3, -0.25) is 0 Å². The van der Waals surface area contributed by atoms with E-state index in [0.29, 0.717) is 24.3 Å². The maximum absolute atomic E-state index is 5.92. The number of benzene rings is 1. The van der Waals surface area contributed by atoms with Crippen LogP contribution in [0.5, 0.6) is 0 Å². The van der Waals surface area contributed by atoms with Gasteiger partial charge in [0.05, 0.1) is 12.2 Å². The minimum absolute atomic E-state index is 0.466. The number of aryl methyl sites for hydroxylation is 1. The minimum Gasteiger partial charge on any atom is -0.399 e. The highest BCUT2D eigenvalue weighted by molar-refractivity contribution is 5.47. The van der Waals surface area contributed by atoms with Gasteiger partial charge in [-0.2, -0.15) is 0 Å². The van der Waals surface area contributed by atoms with Gasteiger partial charge in [-0.05, 0) is 55.4 Å². The second-order valence-electron chi connectivity index (χ2n) is 5.93. The van der Waals surface area contributed by atoms with E-state index < -0.39 is 0 Å². The Morgan fingerprint density at radius 3 is 2.94 bits per heavy atom. The molecular formula is C15H20N2O. The molecule has 2 aliphatic heterocycles. The molecule has 3 heteroatoms. The highest BCUT2D eigenvalue weighted by Gasteiger charge is 2.41. The van der Waals surface area contributed by atoms with Crippen LogP contribution in [0.2, 0.25) is 0 Å². The van der Waals surface area contributed by atoms with E-state index in [9.17, 15) is 0 Å². The second kappa shape index (κ2) is 3.97. The van der Waals surface area contributed by atoms with E-state index in [1.165, 1.54) is 36.8 Å². The van der Waals surface area contributed by atoms with Crippen molar-refractivity contribution in [1.29, 1.82) is 0 Å². The molecule has 1 aliphatic carbocycles. The summed E-state index contributed by atoms with van der Waals surface area (Å²) in [5.41, 5.74) is 9.61. The van der Waals surface area contributed by atoms with Crippen molar-refractivity contribution in [2.75, 3.05) is 5.73 Å². The molecule has 1 aromatic carbocycles. The molecule has 2 saturated heterocycles. The molecule has 2 bridgehead atoms. The molecule has 2 fully saturated rings. The van der Waals surface area contributed by atoms with Gasteiger partial charge >= 0.3 is 0 Å². The van der Waals surface area contributed by atoms with Crippen LogP contribution in [-0.4, -0.2) is 18.2 Å². The van der Waals surface area contributed by atoms with E-state index in [4.69, 9.17) is 10.5 Å². The summed E-state index contributed by atoms with van der Waals surface area (Å²) in [5.74, 6) is 0.